The van der Waals surface area contributed by atoms with Crippen molar-refractivity contribution in [2.45, 2.75) is 32.4 Å². The fourth-order valence-electron chi connectivity index (χ4n) is 4.74. The summed E-state index contributed by atoms with van der Waals surface area (Å²) < 4.78 is 7.88. The summed E-state index contributed by atoms with van der Waals surface area (Å²) >= 11 is 0. The maximum Gasteiger partial charge on any atom is 0.320 e. The number of piperazine rings is 1. The molecule has 2 fully saturated rings. The van der Waals surface area contributed by atoms with Gasteiger partial charge in [-0.15, -0.1) is 0 Å². The van der Waals surface area contributed by atoms with Gasteiger partial charge in [-0.2, -0.15) is 0 Å². The lowest BCUT2D eigenvalue weighted by Gasteiger charge is -2.38. The maximum absolute atomic E-state index is 13.2. The van der Waals surface area contributed by atoms with E-state index in [4.69, 9.17) is 9.72 Å². The summed E-state index contributed by atoms with van der Waals surface area (Å²) in [6.45, 7) is 4.45. The summed E-state index contributed by atoms with van der Waals surface area (Å²) in [5, 5.41) is 0. The molecule has 0 spiro atoms. The number of hydrogen-bond acceptors (Lipinski definition) is 4. The molecule has 178 valence electrons. The zero-order valence-electron chi connectivity index (χ0n) is 19.4. The topological polar surface area (TPSA) is 70.9 Å². The highest BCUT2D eigenvalue weighted by atomic mass is 16.5. The minimum Gasteiger partial charge on any atom is -0.486 e. The normalized spacial score (nSPS) is 16.6. The van der Waals surface area contributed by atoms with Gasteiger partial charge in [-0.1, -0.05) is 30.3 Å². The van der Waals surface area contributed by atoms with Crippen LogP contribution in [-0.4, -0.2) is 75.5 Å². The van der Waals surface area contributed by atoms with Crippen LogP contribution in [-0.2, 0) is 17.9 Å². The number of amides is 3. The first-order valence-electron chi connectivity index (χ1n) is 12.1. The fraction of sp³-hybridized carbons (Fsp3) is 0.423. The molecule has 0 atom stereocenters. The van der Waals surface area contributed by atoms with Gasteiger partial charge in [0, 0.05) is 39.3 Å². The second-order valence-electron chi connectivity index (χ2n) is 8.90. The number of aromatic nitrogens is 2. The Morgan fingerprint density at radius 1 is 0.765 bits per heavy atom. The standard InChI is InChI=1S/C26H31N5O3/c32-25(28-15-17-30(18-16-28)26(33)29-13-7-2-8-14-29)19-31-23-12-6-5-11-22(23)27-24(31)20-34-21-9-3-1-4-10-21/h1,3-6,9-12H,2,7-8,13-20H2. The molecule has 2 aliphatic rings. The summed E-state index contributed by atoms with van der Waals surface area (Å²) in [5.74, 6) is 1.52. The van der Waals surface area contributed by atoms with Crippen LogP contribution in [0.3, 0.4) is 0 Å². The average Bonchev–Trinajstić information content (AvgIpc) is 3.25. The Balaban J connectivity index is 1.24. The zero-order valence-corrected chi connectivity index (χ0v) is 19.4. The summed E-state index contributed by atoms with van der Waals surface area (Å²) in [7, 11) is 0. The second kappa shape index (κ2) is 10.2. The highest BCUT2D eigenvalue weighted by Gasteiger charge is 2.28. The molecule has 2 aliphatic heterocycles. The molecule has 8 nitrogen and oxygen atoms in total. The number of ether oxygens (including phenoxy) is 1. The van der Waals surface area contributed by atoms with E-state index in [1.54, 1.807) is 0 Å². The number of carbonyl (C=O) groups is 2. The van der Waals surface area contributed by atoms with Gasteiger partial charge >= 0.3 is 6.03 Å². The van der Waals surface area contributed by atoms with Crippen molar-refractivity contribution in [3.05, 3.63) is 60.4 Å². The minimum absolute atomic E-state index is 0.0363. The molecule has 8 heteroatoms. The molecular weight excluding hydrogens is 430 g/mol. The number of likely N-dealkylation sites (tertiary alicyclic amines) is 1. The fourth-order valence-corrected chi connectivity index (χ4v) is 4.74. The Hall–Kier alpha value is -3.55. The molecule has 2 aromatic carbocycles. The van der Waals surface area contributed by atoms with Gasteiger partial charge in [0.2, 0.25) is 5.91 Å². The van der Waals surface area contributed by atoms with Gasteiger partial charge in [-0.05, 0) is 43.5 Å². The first-order valence-corrected chi connectivity index (χ1v) is 12.1. The SMILES string of the molecule is O=C(Cn1c(COc2ccccc2)nc2ccccc21)N1CCN(C(=O)N2CCCCC2)CC1. The summed E-state index contributed by atoms with van der Waals surface area (Å²) in [4.78, 5) is 36.4. The summed E-state index contributed by atoms with van der Waals surface area (Å²) in [5.41, 5.74) is 1.76. The Kier molecular flexibility index (Phi) is 6.65. The number of imidazole rings is 1. The Labute approximate surface area is 199 Å². The molecule has 3 amide bonds. The number of nitrogens with zero attached hydrogens (tertiary/aromatic N) is 5. The van der Waals surface area contributed by atoms with E-state index >= 15 is 0 Å². The van der Waals surface area contributed by atoms with Gasteiger partial charge < -0.3 is 24.0 Å². The third-order valence-corrected chi connectivity index (χ3v) is 6.67. The van der Waals surface area contributed by atoms with E-state index in [9.17, 15) is 9.59 Å². The van der Waals surface area contributed by atoms with Gasteiger partial charge in [0.1, 0.15) is 24.7 Å². The molecule has 0 saturated carbocycles. The van der Waals surface area contributed by atoms with Crippen LogP contribution >= 0.6 is 0 Å². The van der Waals surface area contributed by atoms with Crippen molar-refractivity contribution >= 4 is 23.0 Å². The van der Waals surface area contributed by atoms with E-state index in [0.717, 1.165) is 48.5 Å². The second-order valence-corrected chi connectivity index (χ2v) is 8.90. The summed E-state index contributed by atoms with van der Waals surface area (Å²) in [6, 6.07) is 17.6. The van der Waals surface area contributed by atoms with E-state index in [1.807, 2.05) is 73.9 Å². The molecule has 3 heterocycles. The molecule has 2 saturated heterocycles. The molecule has 0 bridgehead atoms. The lowest BCUT2D eigenvalue weighted by molar-refractivity contribution is -0.133. The van der Waals surface area contributed by atoms with Crippen LogP contribution in [0.15, 0.2) is 54.6 Å². The van der Waals surface area contributed by atoms with E-state index in [-0.39, 0.29) is 25.1 Å². The molecule has 0 aliphatic carbocycles. The van der Waals surface area contributed by atoms with Gasteiger partial charge in [-0.3, -0.25) is 4.79 Å². The molecule has 0 radical (unpaired) electrons. The first kappa shape index (κ1) is 22.3. The molecule has 34 heavy (non-hydrogen) atoms. The monoisotopic (exact) mass is 461 g/mol. The van der Waals surface area contributed by atoms with Crippen molar-refractivity contribution in [2.75, 3.05) is 39.3 Å². The van der Waals surface area contributed by atoms with E-state index in [0.29, 0.717) is 26.2 Å². The van der Waals surface area contributed by atoms with Crippen LogP contribution in [0.25, 0.3) is 11.0 Å². The third kappa shape index (κ3) is 4.85. The van der Waals surface area contributed by atoms with Crippen LogP contribution < -0.4 is 4.74 Å². The predicted molar refractivity (Wildman–Crippen MR) is 129 cm³/mol. The number of hydrogen-bond donors (Lipinski definition) is 0. The van der Waals surface area contributed by atoms with Crippen molar-refractivity contribution in [2.24, 2.45) is 0 Å². The highest BCUT2D eigenvalue weighted by molar-refractivity contribution is 5.81. The van der Waals surface area contributed by atoms with Crippen LogP contribution in [0.4, 0.5) is 4.79 Å². The quantitative estimate of drug-likeness (QED) is 0.584. The largest absolute Gasteiger partial charge is 0.486 e. The van der Waals surface area contributed by atoms with Crippen LogP contribution in [0, 0.1) is 0 Å². The Bertz CT molecular complexity index is 1130. The third-order valence-electron chi connectivity index (χ3n) is 6.67. The number of fused-ring (bicyclic) bond motifs is 1. The van der Waals surface area contributed by atoms with Crippen molar-refractivity contribution in [1.82, 2.24) is 24.3 Å². The molecule has 0 N–H and O–H groups in total. The Morgan fingerprint density at radius 3 is 2.18 bits per heavy atom. The van der Waals surface area contributed by atoms with Gasteiger partial charge in [0.05, 0.1) is 11.0 Å². The highest BCUT2D eigenvalue weighted by Crippen LogP contribution is 2.19. The predicted octanol–water partition coefficient (Wildman–Crippen LogP) is 3.37. The number of rotatable bonds is 5. The number of benzene rings is 2. The lowest BCUT2D eigenvalue weighted by atomic mass is 10.1. The number of carbonyl (C=O) groups excluding carboxylic acids is 2. The van der Waals surface area contributed by atoms with Crippen molar-refractivity contribution in [1.29, 1.82) is 0 Å². The van der Waals surface area contributed by atoms with Crippen molar-refractivity contribution in [3.63, 3.8) is 0 Å². The molecule has 5 rings (SSSR count). The van der Waals surface area contributed by atoms with Crippen LogP contribution in [0.2, 0.25) is 0 Å². The van der Waals surface area contributed by atoms with Crippen molar-refractivity contribution < 1.29 is 14.3 Å². The van der Waals surface area contributed by atoms with Crippen LogP contribution in [0.1, 0.15) is 25.1 Å². The Morgan fingerprint density at radius 2 is 1.41 bits per heavy atom. The van der Waals surface area contributed by atoms with E-state index in [2.05, 4.69) is 0 Å². The number of para-hydroxylation sites is 3. The molecular formula is C26H31N5O3. The van der Waals surface area contributed by atoms with Gasteiger partial charge in [-0.25, -0.2) is 9.78 Å². The van der Waals surface area contributed by atoms with E-state index < -0.39 is 0 Å². The van der Waals surface area contributed by atoms with E-state index in [1.165, 1.54) is 6.42 Å². The molecule has 1 aromatic heterocycles. The smallest absolute Gasteiger partial charge is 0.320 e. The van der Waals surface area contributed by atoms with Gasteiger partial charge in [0.25, 0.3) is 0 Å². The average molecular weight is 462 g/mol. The molecule has 3 aromatic rings. The zero-order chi connectivity index (χ0) is 23.3. The number of urea groups is 1. The van der Waals surface area contributed by atoms with Gasteiger partial charge in [0.15, 0.2) is 0 Å². The number of piperidine rings is 1. The summed E-state index contributed by atoms with van der Waals surface area (Å²) in [6.07, 6.45) is 3.37. The molecule has 0 unspecified atom stereocenters. The van der Waals surface area contributed by atoms with Crippen LogP contribution in [0.5, 0.6) is 5.75 Å². The maximum atomic E-state index is 13.2. The first-order chi connectivity index (χ1) is 16.7. The minimum atomic E-state index is 0.0363. The van der Waals surface area contributed by atoms with Crippen molar-refractivity contribution in [3.8, 4) is 5.75 Å². The lowest BCUT2D eigenvalue weighted by Crippen LogP contribution is -2.55.